The molecule has 1 saturated heterocycles. The van der Waals surface area contributed by atoms with Crippen LogP contribution in [0.4, 0.5) is 14.6 Å². The highest BCUT2D eigenvalue weighted by Gasteiger charge is 2.32. The highest BCUT2D eigenvalue weighted by atomic mass is 32.2. The Hall–Kier alpha value is -2.29. The first-order valence-corrected chi connectivity index (χ1v) is 11.1. The summed E-state index contributed by atoms with van der Waals surface area (Å²) in [6.45, 7) is 5.46. The molecule has 0 N–H and O–H groups in total. The van der Waals surface area contributed by atoms with Crippen molar-refractivity contribution in [3.05, 3.63) is 36.4 Å². The van der Waals surface area contributed by atoms with E-state index in [9.17, 15) is 8.78 Å². The van der Waals surface area contributed by atoms with E-state index < -0.39 is 6.43 Å². The van der Waals surface area contributed by atoms with Crippen molar-refractivity contribution in [1.29, 1.82) is 0 Å². The number of aromatic nitrogens is 5. The van der Waals surface area contributed by atoms with E-state index in [0.717, 1.165) is 18.1 Å². The van der Waals surface area contributed by atoms with E-state index in [2.05, 4.69) is 45.1 Å². The van der Waals surface area contributed by atoms with Crippen LogP contribution < -0.4 is 4.90 Å². The third-order valence-electron chi connectivity index (χ3n) is 5.58. The van der Waals surface area contributed by atoms with Crippen LogP contribution in [0.1, 0.15) is 32.4 Å². The molecule has 9 heteroatoms. The third-order valence-corrected chi connectivity index (χ3v) is 6.35. The summed E-state index contributed by atoms with van der Waals surface area (Å²) in [5.41, 5.74) is 1.41. The molecule has 154 valence electrons. The predicted molar refractivity (Wildman–Crippen MR) is 111 cm³/mol. The van der Waals surface area contributed by atoms with E-state index in [1.165, 1.54) is 23.3 Å². The monoisotopic (exact) mass is 418 g/mol. The summed E-state index contributed by atoms with van der Waals surface area (Å²) in [4.78, 5) is 15.5. The van der Waals surface area contributed by atoms with E-state index in [0.29, 0.717) is 34.9 Å². The number of piperidine rings is 1. The number of rotatable bonds is 5. The van der Waals surface area contributed by atoms with E-state index in [4.69, 9.17) is 0 Å². The molecule has 3 atom stereocenters. The topological polar surface area (TPSA) is 59.2 Å². The van der Waals surface area contributed by atoms with Crippen LogP contribution >= 0.6 is 11.8 Å². The van der Waals surface area contributed by atoms with Gasteiger partial charge in [0.25, 0.3) is 6.43 Å². The normalized spacial score (nSPS) is 22.6. The number of halogens is 2. The van der Waals surface area contributed by atoms with Crippen LogP contribution in [0, 0.1) is 11.8 Å². The molecule has 0 aliphatic carbocycles. The van der Waals surface area contributed by atoms with Crippen molar-refractivity contribution in [2.75, 3.05) is 23.5 Å². The maximum absolute atomic E-state index is 13.1. The zero-order valence-corrected chi connectivity index (χ0v) is 17.5. The molecule has 6 nitrogen and oxygen atoms in total. The van der Waals surface area contributed by atoms with Crippen molar-refractivity contribution >= 4 is 23.2 Å². The van der Waals surface area contributed by atoms with Gasteiger partial charge >= 0.3 is 0 Å². The zero-order chi connectivity index (χ0) is 20.5. The first-order chi connectivity index (χ1) is 14.0. The first kappa shape index (κ1) is 20.0. The summed E-state index contributed by atoms with van der Waals surface area (Å²) in [6, 6.07) is 5.11. The van der Waals surface area contributed by atoms with Crippen molar-refractivity contribution < 1.29 is 8.78 Å². The summed E-state index contributed by atoms with van der Waals surface area (Å²) in [7, 11) is 0. The minimum absolute atomic E-state index is 0.288. The van der Waals surface area contributed by atoms with E-state index in [-0.39, 0.29) is 5.69 Å². The largest absolute Gasteiger partial charge is 0.353 e. The van der Waals surface area contributed by atoms with Gasteiger partial charge in [0.15, 0.2) is 5.65 Å². The Balaban J connectivity index is 1.71. The van der Waals surface area contributed by atoms with Crippen molar-refractivity contribution in [2.24, 2.45) is 11.8 Å². The van der Waals surface area contributed by atoms with Crippen molar-refractivity contribution in [1.82, 2.24) is 24.6 Å². The molecule has 3 unspecified atom stereocenters. The van der Waals surface area contributed by atoms with Crippen LogP contribution in [-0.4, -0.2) is 49.2 Å². The fourth-order valence-electron chi connectivity index (χ4n) is 4.09. The van der Waals surface area contributed by atoms with Crippen LogP contribution in [0.2, 0.25) is 0 Å². The molecule has 4 rings (SSSR count). The standard InChI is InChI=1S/C20H24F2N6S/c1-12-6-14(10-29-3)13(2)27(9-12)19-7-16(24-11-25-19)17-8-23-18-5-4-15(20(21)22)26-28(17)18/h4-5,7-8,11-14,20H,6,9-10H2,1-3H3. The summed E-state index contributed by atoms with van der Waals surface area (Å²) >= 11 is 1.88. The minimum atomic E-state index is -2.64. The lowest BCUT2D eigenvalue weighted by atomic mass is 9.86. The average Bonchev–Trinajstić information content (AvgIpc) is 3.14. The SMILES string of the molecule is CSCC1CC(C)CN(c2cc(-c3cnc4ccc(C(F)F)nn34)ncn2)C1C. The van der Waals surface area contributed by atoms with Gasteiger partial charge < -0.3 is 4.90 Å². The van der Waals surface area contributed by atoms with E-state index >= 15 is 0 Å². The highest BCUT2D eigenvalue weighted by Crippen LogP contribution is 2.33. The lowest BCUT2D eigenvalue weighted by Gasteiger charge is -2.43. The Bertz CT molecular complexity index is 994. The van der Waals surface area contributed by atoms with Gasteiger partial charge in [-0.3, -0.25) is 0 Å². The number of anilines is 1. The van der Waals surface area contributed by atoms with Crippen molar-refractivity contribution in [2.45, 2.75) is 32.7 Å². The molecule has 1 fully saturated rings. The Morgan fingerprint density at radius 3 is 2.79 bits per heavy atom. The summed E-state index contributed by atoms with van der Waals surface area (Å²) in [5.74, 6) is 3.14. The molecule has 3 aromatic heterocycles. The fraction of sp³-hybridized carbons (Fsp3) is 0.500. The van der Waals surface area contributed by atoms with Gasteiger partial charge in [-0.05, 0) is 49.3 Å². The molecule has 1 aliphatic rings. The zero-order valence-electron chi connectivity index (χ0n) is 16.7. The molecule has 3 aromatic rings. The summed E-state index contributed by atoms with van der Waals surface area (Å²) in [6.07, 6.45) is 3.85. The van der Waals surface area contributed by atoms with Crippen LogP contribution in [0.15, 0.2) is 30.7 Å². The fourth-order valence-corrected chi connectivity index (χ4v) is 4.93. The minimum Gasteiger partial charge on any atom is -0.353 e. The molecule has 29 heavy (non-hydrogen) atoms. The highest BCUT2D eigenvalue weighted by molar-refractivity contribution is 7.98. The summed E-state index contributed by atoms with van der Waals surface area (Å²) in [5, 5.41) is 4.04. The number of fused-ring (bicyclic) bond motifs is 1. The third kappa shape index (κ3) is 3.92. The van der Waals surface area contributed by atoms with Crippen LogP contribution in [-0.2, 0) is 0 Å². The lowest BCUT2D eigenvalue weighted by Crippen LogP contribution is -2.48. The molecule has 1 aliphatic heterocycles. The molecule has 0 spiro atoms. The second-order valence-electron chi connectivity index (χ2n) is 7.68. The second-order valence-corrected chi connectivity index (χ2v) is 8.59. The number of nitrogens with zero attached hydrogens (tertiary/aromatic N) is 6. The van der Waals surface area contributed by atoms with Crippen LogP contribution in [0.25, 0.3) is 17.0 Å². The first-order valence-electron chi connectivity index (χ1n) is 9.68. The Morgan fingerprint density at radius 1 is 1.21 bits per heavy atom. The quantitative estimate of drug-likeness (QED) is 0.614. The number of alkyl halides is 2. The average molecular weight is 419 g/mol. The number of hydrogen-bond donors (Lipinski definition) is 0. The molecular weight excluding hydrogens is 394 g/mol. The van der Waals surface area contributed by atoms with Crippen molar-refractivity contribution in [3.8, 4) is 11.4 Å². The van der Waals surface area contributed by atoms with Crippen LogP contribution in [0.3, 0.4) is 0 Å². The predicted octanol–water partition coefficient (Wildman–Crippen LogP) is 4.34. The van der Waals surface area contributed by atoms with Gasteiger partial charge in [0.1, 0.15) is 23.5 Å². The van der Waals surface area contributed by atoms with Crippen LogP contribution in [0.5, 0.6) is 0 Å². The van der Waals surface area contributed by atoms with E-state index in [1.807, 2.05) is 17.8 Å². The van der Waals surface area contributed by atoms with Gasteiger partial charge in [-0.1, -0.05) is 6.92 Å². The van der Waals surface area contributed by atoms with E-state index in [1.54, 1.807) is 12.3 Å². The van der Waals surface area contributed by atoms with Gasteiger partial charge in [0.05, 0.1) is 11.9 Å². The van der Waals surface area contributed by atoms with Gasteiger partial charge in [-0.25, -0.2) is 28.2 Å². The molecule has 0 saturated carbocycles. The molecule has 0 bridgehead atoms. The molecule has 0 aromatic carbocycles. The Labute approximate surface area is 172 Å². The van der Waals surface area contributed by atoms with Crippen molar-refractivity contribution in [3.63, 3.8) is 0 Å². The van der Waals surface area contributed by atoms with Gasteiger partial charge in [-0.2, -0.15) is 16.9 Å². The number of imidazole rings is 1. The molecule has 0 radical (unpaired) electrons. The second kappa shape index (κ2) is 8.22. The smallest absolute Gasteiger partial charge is 0.282 e. The van der Waals surface area contributed by atoms with Gasteiger partial charge in [0.2, 0.25) is 0 Å². The Morgan fingerprint density at radius 2 is 2.03 bits per heavy atom. The number of thioether (sulfide) groups is 1. The summed E-state index contributed by atoms with van der Waals surface area (Å²) < 4.78 is 27.6. The number of hydrogen-bond acceptors (Lipinski definition) is 6. The maximum atomic E-state index is 13.1. The van der Waals surface area contributed by atoms with Gasteiger partial charge in [0, 0.05) is 18.7 Å². The maximum Gasteiger partial charge on any atom is 0.282 e. The molecule has 0 amide bonds. The molecular formula is C20H24F2N6S. The van der Waals surface area contributed by atoms with Gasteiger partial charge in [-0.15, -0.1) is 0 Å². The Kier molecular flexibility index (Phi) is 5.67. The molecule has 4 heterocycles. The lowest BCUT2D eigenvalue weighted by molar-refractivity contribution is 0.144.